The summed E-state index contributed by atoms with van der Waals surface area (Å²) in [7, 11) is 0. The first-order valence-corrected chi connectivity index (χ1v) is 19.1. The Hall–Kier alpha value is -3.26. The van der Waals surface area contributed by atoms with Crippen LogP contribution < -0.4 is 9.64 Å². The second-order valence-electron chi connectivity index (χ2n) is 15.1. The molecule has 0 N–H and O–H groups in total. The summed E-state index contributed by atoms with van der Waals surface area (Å²) in [5.74, 6) is 1.55. The lowest BCUT2D eigenvalue weighted by Gasteiger charge is -2.54. The Morgan fingerprint density at radius 3 is 2.54 bits per heavy atom. The molecule has 5 aliphatic rings. The predicted molar refractivity (Wildman–Crippen MR) is 193 cm³/mol. The third-order valence-electron chi connectivity index (χ3n) is 11.5. The molecule has 5 fully saturated rings. The summed E-state index contributed by atoms with van der Waals surface area (Å²) in [4.78, 5) is 42.9. The van der Waals surface area contributed by atoms with Gasteiger partial charge in [0.2, 0.25) is 5.91 Å². The largest absolute Gasteiger partial charge is 0.451 e. The van der Waals surface area contributed by atoms with Crippen LogP contribution >= 0.6 is 12.1 Å². The number of carbonyl (C=O) groups excluding carboxylic acids is 2. The van der Waals surface area contributed by atoms with Crippen LogP contribution in [-0.4, -0.2) is 129 Å². The van der Waals surface area contributed by atoms with Crippen molar-refractivity contribution in [2.45, 2.75) is 71.0 Å². The molecule has 13 heteroatoms. The van der Waals surface area contributed by atoms with Gasteiger partial charge in [0.1, 0.15) is 17.9 Å². The highest BCUT2D eigenvalue weighted by atomic mass is 32.2. The van der Waals surface area contributed by atoms with E-state index in [0.717, 1.165) is 64.7 Å². The Labute approximate surface area is 300 Å². The van der Waals surface area contributed by atoms with Gasteiger partial charge in [0.15, 0.2) is 11.6 Å². The monoisotopic (exact) mass is 706 g/mol. The van der Waals surface area contributed by atoms with Crippen molar-refractivity contribution in [3.8, 4) is 11.5 Å². The number of piperidine rings is 2. The van der Waals surface area contributed by atoms with E-state index < -0.39 is 5.82 Å². The summed E-state index contributed by atoms with van der Waals surface area (Å²) in [5, 5.41) is 0. The Balaban J connectivity index is 0.874. The van der Waals surface area contributed by atoms with Crippen LogP contribution in [-0.2, 0) is 4.79 Å². The number of likely N-dealkylation sites (tertiary alicyclic amines) is 2. The van der Waals surface area contributed by atoms with Gasteiger partial charge in [-0.1, -0.05) is 6.58 Å². The molecule has 0 radical (unpaired) electrons. The average molecular weight is 707 g/mol. The average Bonchev–Trinajstić information content (AvgIpc) is 3.70. The molecule has 1 spiro atoms. The molecule has 270 valence electrons. The van der Waals surface area contributed by atoms with Gasteiger partial charge in [-0.25, -0.2) is 23.0 Å². The van der Waals surface area contributed by atoms with Crippen molar-refractivity contribution in [3.63, 3.8) is 0 Å². The third-order valence-corrected chi connectivity index (χ3v) is 12.8. The molecule has 6 heterocycles. The van der Waals surface area contributed by atoms with E-state index in [1.807, 2.05) is 37.8 Å². The Bertz CT molecular complexity index is 1550. The third kappa shape index (κ3) is 7.24. The molecule has 11 nitrogen and oxygen atoms in total. The lowest BCUT2D eigenvalue weighted by atomic mass is 9.72. The van der Waals surface area contributed by atoms with E-state index in [1.54, 1.807) is 11.1 Å². The van der Waals surface area contributed by atoms with E-state index in [-0.39, 0.29) is 28.8 Å². The molecule has 1 aromatic carbocycles. The van der Waals surface area contributed by atoms with Crippen LogP contribution in [0.15, 0.2) is 43.4 Å². The summed E-state index contributed by atoms with van der Waals surface area (Å²) in [6, 6.07) is 4.86. The second kappa shape index (κ2) is 14.8. The van der Waals surface area contributed by atoms with E-state index >= 15 is 0 Å². The van der Waals surface area contributed by atoms with Crippen LogP contribution in [0.3, 0.4) is 0 Å². The van der Waals surface area contributed by atoms with Crippen molar-refractivity contribution < 1.29 is 18.7 Å². The number of nitrogens with zero attached hydrogens (tertiary/aromatic N) is 8. The number of benzene rings is 1. The first-order valence-electron chi connectivity index (χ1n) is 18.3. The fraction of sp³-hybridized carbons (Fsp3) is 0.622. The number of amides is 2. The summed E-state index contributed by atoms with van der Waals surface area (Å²) >= 11 is 1.91. The first kappa shape index (κ1) is 35.2. The molecule has 2 aromatic rings. The second-order valence-corrected chi connectivity index (χ2v) is 16.2. The number of halogens is 1. The minimum Gasteiger partial charge on any atom is -0.451 e. The Morgan fingerprint density at radius 2 is 1.88 bits per heavy atom. The van der Waals surface area contributed by atoms with Crippen LogP contribution in [0.1, 0.15) is 63.2 Å². The molecule has 0 saturated carbocycles. The van der Waals surface area contributed by atoms with Gasteiger partial charge in [0, 0.05) is 88.0 Å². The predicted octanol–water partition coefficient (Wildman–Crippen LogP) is 4.93. The molecule has 5 aliphatic heterocycles. The lowest BCUT2D eigenvalue weighted by Crippen LogP contribution is -2.61. The summed E-state index contributed by atoms with van der Waals surface area (Å²) in [6.45, 7) is 19.3. The highest BCUT2D eigenvalue weighted by Gasteiger charge is 2.47. The molecule has 2 bridgehead atoms. The van der Waals surface area contributed by atoms with Crippen LogP contribution in [0.4, 0.5) is 10.2 Å². The highest BCUT2D eigenvalue weighted by Crippen LogP contribution is 2.45. The normalized spacial score (nSPS) is 24.2. The van der Waals surface area contributed by atoms with E-state index in [2.05, 4.69) is 35.0 Å². The maximum absolute atomic E-state index is 14.3. The molecule has 2 atom stereocenters. The first-order chi connectivity index (χ1) is 24.1. The fourth-order valence-electron chi connectivity index (χ4n) is 8.64. The maximum atomic E-state index is 14.3. The molecule has 50 heavy (non-hydrogen) atoms. The van der Waals surface area contributed by atoms with E-state index in [0.29, 0.717) is 35.9 Å². The molecular formula is C37H51FN8O3S. The number of aromatic nitrogens is 2. The van der Waals surface area contributed by atoms with Gasteiger partial charge in [-0.05, 0) is 96.2 Å². The lowest BCUT2D eigenvalue weighted by molar-refractivity contribution is -0.127. The SMILES string of the molecule is C=CC(=O)N1C[C@@H]2C[C@H]1CN2SN1CCC(CN2CCC3(CC2)CN(c2ncncc2Oc2ccc(F)cc2C(=O)N(CC)C(C)C)C3)CC1. The van der Waals surface area contributed by atoms with Crippen molar-refractivity contribution in [1.29, 1.82) is 0 Å². The zero-order chi connectivity index (χ0) is 35.0. The van der Waals surface area contributed by atoms with Gasteiger partial charge in [-0.2, -0.15) is 0 Å². The summed E-state index contributed by atoms with van der Waals surface area (Å²) < 4.78 is 25.6. The topological polar surface area (TPSA) is 88.6 Å². The van der Waals surface area contributed by atoms with E-state index in [4.69, 9.17) is 4.74 Å². The molecule has 7 rings (SSSR count). The van der Waals surface area contributed by atoms with Crippen molar-refractivity contribution in [2.75, 3.05) is 70.3 Å². The van der Waals surface area contributed by atoms with Crippen LogP contribution in [0, 0.1) is 17.2 Å². The zero-order valence-electron chi connectivity index (χ0n) is 29.7. The van der Waals surface area contributed by atoms with Crippen LogP contribution in [0.2, 0.25) is 0 Å². The number of anilines is 1. The van der Waals surface area contributed by atoms with Gasteiger partial charge in [-0.15, -0.1) is 0 Å². The summed E-state index contributed by atoms with van der Waals surface area (Å²) in [6.07, 6.45) is 10.5. The number of ether oxygens (including phenoxy) is 1. The fourth-order valence-corrected chi connectivity index (χ4v) is 9.83. The van der Waals surface area contributed by atoms with Gasteiger partial charge < -0.3 is 24.3 Å². The van der Waals surface area contributed by atoms with Gasteiger partial charge in [-0.3, -0.25) is 9.59 Å². The molecule has 2 amide bonds. The van der Waals surface area contributed by atoms with Gasteiger partial charge in [0.05, 0.1) is 11.8 Å². The highest BCUT2D eigenvalue weighted by molar-refractivity contribution is 7.94. The van der Waals surface area contributed by atoms with Gasteiger partial charge >= 0.3 is 0 Å². The van der Waals surface area contributed by atoms with E-state index in [9.17, 15) is 14.0 Å². The number of fused-ring (bicyclic) bond motifs is 2. The Morgan fingerprint density at radius 1 is 1.12 bits per heavy atom. The van der Waals surface area contributed by atoms with Crippen molar-refractivity contribution in [1.82, 2.24) is 33.3 Å². The quantitative estimate of drug-likeness (QED) is 0.237. The maximum Gasteiger partial charge on any atom is 0.257 e. The molecular weight excluding hydrogens is 656 g/mol. The smallest absolute Gasteiger partial charge is 0.257 e. The minimum atomic E-state index is -0.480. The Kier molecular flexibility index (Phi) is 10.4. The van der Waals surface area contributed by atoms with Crippen LogP contribution in [0.25, 0.3) is 0 Å². The number of rotatable bonds is 11. The number of hydrogen-bond acceptors (Lipinski definition) is 10. The van der Waals surface area contributed by atoms with E-state index in [1.165, 1.54) is 62.8 Å². The standard InChI is InChI=1S/C37H51FN8O3S/c1-5-34(47)45-21-30-18-29(45)22-46(30)50-43-13-9-27(10-14-43)20-41-15-11-37(12-16-41)23-42(24-37)35-33(19-39-25-40-35)49-32-8-7-28(38)17-31(32)36(48)44(6-2)26(3)4/h5,7-8,17,19,25-27,29-30H,1,6,9-16,18,20-24H2,2-4H3/t29-,30-/m0/s1. The molecule has 5 saturated heterocycles. The number of carbonyl (C=O) groups is 2. The van der Waals surface area contributed by atoms with Crippen molar-refractivity contribution in [3.05, 3.63) is 54.8 Å². The van der Waals surface area contributed by atoms with Crippen molar-refractivity contribution >= 4 is 29.8 Å². The molecule has 0 unspecified atom stereocenters. The number of piperazine rings is 1. The molecule has 0 aliphatic carbocycles. The number of hydrogen-bond donors (Lipinski definition) is 0. The van der Waals surface area contributed by atoms with Crippen molar-refractivity contribution in [2.24, 2.45) is 11.3 Å². The minimum absolute atomic E-state index is 0.0272. The van der Waals surface area contributed by atoms with Crippen LogP contribution in [0.5, 0.6) is 11.5 Å². The zero-order valence-corrected chi connectivity index (χ0v) is 30.5. The molecule has 1 aromatic heterocycles. The summed E-state index contributed by atoms with van der Waals surface area (Å²) in [5.41, 5.74) is 0.468. The van der Waals surface area contributed by atoms with Gasteiger partial charge in [0.25, 0.3) is 5.91 Å².